The number of hydrogen-bond acceptors (Lipinski definition) is 2. The maximum absolute atomic E-state index is 5.17. The van der Waals surface area contributed by atoms with Crippen LogP contribution in [0.5, 0.6) is 5.75 Å². The van der Waals surface area contributed by atoms with E-state index in [1.54, 1.807) is 7.11 Å². The van der Waals surface area contributed by atoms with Crippen molar-refractivity contribution in [3.8, 4) is 5.75 Å². The fourth-order valence-corrected chi connectivity index (χ4v) is 2.34. The third-order valence-corrected chi connectivity index (χ3v) is 3.39. The van der Waals surface area contributed by atoms with Crippen molar-refractivity contribution >= 4 is 12.4 Å². The summed E-state index contributed by atoms with van der Waals surface area (Å²) in [5, 5.41) is 3.46. The van der Waals surface area contributed by atoms with Gasteiger partial charge in [0.2, 0.25) is 0 Å². The monoisotopic (exact) mass is 241 g/mol. The number of rotatable bonds is 2. The number of ether oxygens (including phenoxy) is 1. The van der Waals surface area contributed by atoms with Gasteiger partial charge in [0.1, 0.15) is 5.75 Å². The Hall–Kier alpha value is -0.730. The van der Waals surface area contributed by atoms with E-state index >= 15 is 0 Å². The number of benzene rings is 1. The van der Waals surface area contributed by atoms with Crippen molar-refractivity contribution in [2.45, 2.75) is 19.8 Å². The van der Waals surface area contributed by atoms with Crippen LogP contribution in [-0.4, -0.2) is 20.2 Å². The third-order valence-electron chi connectivity index (χ3n) is 3.39. The fourth-order valence-electron chi connectivity index (χ4n) is 2.34. The van der Waals surface area contributed by atoms with Gasteiger partial charge in [-0.15, -0.1) is 12.4 Å². The van der Waals surface area contributed by atoms with E-state index in [2.05, 4.69) is 31.3 Å². The first-order valence-electron chi connectivity index (χ1n) is 5.48. The Morgan fingerprint density at radius 1 is 1.25 bits per heavy atom. The summed E-state index contributed by atoms with van der Waals surface area (Å²) in [6.45, 7) is 6.83. The molecule has 0 aliphatic carbocycles. The van der Waals surface area contributed by atoms with Gasteiger partial charge >= 0.3 is 0 Å². The second kappa shape index (κ2) is 5.07. The Kier molecular flexibility index (Phi) is 4.22. The summed E-state index contributed by atoms with van der Waals surface area (Å²) in [5.74, 6) is 1.55. The Morgan fingerprint density at radius 3 is 2.31 bits per heavy atom. The summed E-state index contributed by atoms with van der Waals surface area (Å²) in [4.78, 5) is 0. The highest BCUT2D eigenvalue weighted by Gasteiger charge is 2.35. The lowest BCUT2D eigenvalue weighted by atomic mass is 9.78. The normalized spacial score (nSPS) is 22.6. The van der Waals surface area contributed by atoms with E-state index in [4.69, 9.17) is 4.74 Å². The minimum atomic E-state index is 0. The summed E-state index contributed by atoms with van der Waals surface area (Å²) in [6.07, 6.45) is 0. The van der Waals surface area contributed by atoms with Gasteiger partial charge in [-0.3, -0.25) is 0 Å². The highest BCUT2D eigenvalue weighted by molar-refractivity contribution is 5.85. The first-order chi connectivity index (χ1) is 7.13. The van der Waals surface area contributed by atoms with E-state index in [9.17, 15) is 0 Å². The van der Waals surface area contributed by atoms with Crippen LogP contribution in [0.4, 0.5) is 0 Å². The van der Waals surface area contributed by atoms with Gasteiger partial charge in [-0.25, -0.2) is 0 Å². The van der Waals surface area contributed by atoms with Gasteiger partial charge in [-0.2, -0.15) is 0 Å². The van der Waals surface area contributed by atoms with Crippen molar-refractivity contribution in [2.75, 3.05) is 20.2 Å². The predicted molar refractivity (Wildman–Crippen MR) is 69.6 cm³/mol. The lowest BCUT2D eigenvalue weighted by molar-refractivity contribution is 0.362. The molecule has 1 heterocycles. The van der Waals surface area contributed by atoms with Crippen molar-refractivity contribution in [2.24, 2.45) is 5.41 Å². The van der Waals surface area contributed by atoms with Crippen molar-refractivity contribution in [3.05, 3.63) is 29.8 Å². The Balaban J connectivity index is 0.00000128. The van der Waals surface area contributed by atoms with E-state index in [0.717, 1.165) is 18.8 Å². The molecule has 1 aliphatic heterocycles. The zero-order valence-corrected chi connectivity index (χ0v) is 10.9. The van der Waals surface area contributed by atoms with Crippen LogP contribution in [0.3, 0.4) is 0 Å². The molecule has 2 rings (SSSR count). The molecular weight excluding hydrogens is 222 g/mol. The summed E-state index contributed by atoms with van der Waals surface area (Å²) >= 11 is 0. The number of nitrogens with one attached hydrogen (secondary N) is 1. The standard InChI is InChI=1S/C13H19NO.ClH/c1-13(2)9-14-8-12(13)10-4-6-11(15-3)7-5-10;/h4-7,12,14H,8-9H2,1-3H3;1H. The van der Waals surface area contributed by atoms with E-state index in [1.165, 1.54) is 5.56 Å². The second-order valence-corrected chi connectivity index (χ2v) is 4.95. The molecule has 3 heteroatoms. The SMILES string of the molecule is COc1ccc(C2CNCC2(C)C)cc1.Cl. The first-order valence-corrected chi connectivity index (χ1v) is 5.48. The number of hydrogen-bond donors (Lipinski definition) is 1. The highest BCUT2D eigenvalue weighted by atomic mass is 35.5. The zero-order chi connectivity index (χ0) is 10.9. The smallest absolute Gasteiger partial charge is 0.118 e. The summed E-state index contributed by atoms with van der Waals surface area (Å²) in [6, 6.07) is 8.45. The predicted octanol–water partition coefficient (Wildman–Crippen LogP) is 2.83. The molecule has 90 valence electrons. The van der Waals surface area contributed by atoms with Crippen molar-refractivity contribution < 1.29 is 4.74 Å². The van der Waals surface area contributed by atoms with E-state index in [-0.39, 0.29) is 12.4 Å². The second-order valence-electron chi connectivity index (χ2n) is 4.95. The van der Waals surface area contributed by atoms with Crippen LogP contribution in [0.25, 0.3) is 0 Å². The minimum Gasteiger partial charge on any atom is -0.497 e. The van der Waals surface area contributed by atoms with Gasteiger partial charge in [-0.1, -0.05) is 26.0 Å². The van der Waals surface area contributed by atoms with Crippen LogP contribution in [0, 0.1) is 5.41 Å². The van der Waals surface area contributed by atoms with Gasteiger partial charge in [0.15, 0.2) is 0 Å². The lowest BCUT2D eigenvalue weighted by Crippen LogP contribution is -2.20. The van der Waals surface area contributed by atoms with Crippen molar-refractivity contribution in [1.82, 2.24) is 5.32 Å². The molecule has 1 saturated heterocycles. The molecule has 0 spiro atoms. The van der Waals surface area contributed by atoms with Crippen molar-refractivity contribution in [3.63, 3.8) is 0 Å². The maximum Gasteiger partial charge on any atom is 0.118 e. The van der Waals surface area contributed by atoms with E-state index in [0.29, 0.717) is 11.3 Å². The fraction of sp³-hybridized carbons (Fsp3) is 0.538. The molecule has 1 N–H and O–H groups in total. The van der Waals surface area contributed by atoms with Gasteiger partial charge in [0.05, 0.1) is 7.11 Å². The molecule has 1 aromatic carbocycles. The molecule has 0 bridgehead atoms. The molecule has 0 saturated carbocycles. The maximum atomic E-state index is 5.17. The van der Waals surface area contributed by atoms with Gasteiger partial charge in [0, 0.05) is 19.0 Å². The largest absolute Gasteiger partial charge is 0.497 e. The molecule has 16 heavy (non-hydrogen) atoms. The van der Waals surface area contributed by atoms with Crippen LogP contribution in [0.1, 0.15) is 25.3 Å². The number of halogens is 1. The molecule has 0 radical (unpaired) electrons. The molecule has 2 nitrogen and oxygen atoms in total. The summed E-state index contributed by atoms with van der Waals surface area (Å²) in [7, 11) is 1.70. The Bertz CT molecular complexity index is 334. The molecule has 1 aromatic rings. The Labute approximate surface area is 104 Å². The molecular formula is C13H20ClNO. The topological polar surface area (TPSA) is 21.3 Å². The van der Waals surface area contributed by atoms with E-state index < -0.39 is 0 Å². The lowest BCUT2D eigenvalue weighted by Gasteiger charge is -2.26. The van der Waals surface area contributed by atoms with Gasteiger partial charge in [0.25, 0.3) is 0 Å². The van der Waals surface area contributed by atoms with Crippen LogP contribution < -0.4 is 10.1 Å². The molecule has 1 fully saturated rings. The molecule has 0 amide bonds. The first kappa shape index (κ1) is 13.3. The molecule has 1 atom stereocenters. The van der Waals surface area contributed by atoms with Gasteiger partial charge in [-0.05, 0) is 23.1 Å². The molecule has 1 unspecified atom stereocenters. The minimum absolute atomic E-state index is 0. The average molecular weight is 242 g/mol. The average Bonchev–Trinajstić information content (AvgIpc) is 2.58. The zero-order valence-electron chi connectivity index (χ0n) is 10.1. The van der Waals surface area contributed by atoms with Gasteiger partial charge < -0.3 is 10.1 Å². The van der Waals surface area contributed by atoms with Crippen LogP contribution in [0.15, 0.2) is 24.3 Å². The summed E-state index contributed by atoms with van der Waals surface area (Å²) in [5.41, 5.74) is 1.76. The van der Waals surface area contributed by atoms with Crippen molar-refractivity contribution in [1.29, 1.82) is 0 Å². The quantitative estimate of drug-likeness (QED) is 0.860. The molecule has 1 aliphatic rings. The number of methoxy groups -OCH3 is 1. The van der Waals surface area contributed by atoms with Crippen LogP contribution in [-0.2, 0) is 0 Å². The highest BCUT2D eigenvalue weighted by Crippen LogP contribution is 2.38. The Morgan fingerprint density at radius 2 is 1.88 bits per heavy atom. The van der Waals surface area contributed by atoms with Crippen LogP contribution in [0.2, 0.25) is 0 Å². The van der Waals surface area contributed by atoms with Crippen LogP contribution >= 0.6 is 12.4 Å². The van der Waals surface area contributed by atoms with E-state index in [1.807, 2.05) is 12.1 Å². The third kappa shape index (κ3) is 2.50. The molecule has 0 aromatic heterocycles. The summed E-state index contributed by atoms with van der Waals surface area (Å²) < 4.78 is 5.17.